The zero-order chi connectivity index (χ0) is 8.72. The van der Waals surface area contributed by atoms with E-state index in [9.17, 15) is 0 Å². The van der Waals surface area contributed by atoms with Crippen molar-refractivity contribution in [2.24, 2.45) is 29.4 Å². The van der Waals surface area contributed by atoms with Crippen LogP contribution in [0.15, 0.2) is 0 Å². The van der Waals surface area contributed by atoms with Crippen LogP contribution in [0.1, 0.15) is 39.5 Å². The molecule has 0 radical (unpaired) electrons. The lowest BCUT2D eigenvalue weighted by Gasteiger charge is -2.30. The van der Waals surface area contributed by atoms with E-state index < -0.39 is 0 Å². The second-order valence-corrected chi connectivity index (χ2v) is 5.16. The molecule has 0 spiro atoms. The van der Waals surface area contributed by atoms with Crippen molar-refractivity contribution in [3.8, 4) is 0 Å². The van der Waals surface area contributed by atoms with Gasteiger partial charge in [0.15, 0.2) is 0 Å². The van der Waals surface area contributed by atoms with Crippen molar-refractivity contribution in [2.75, 3.05) is 0 Å². The van der Waals surface area contributed by atoms with Crippen LogP contribution < -0.4 is 5.73 Å². The Labute approximate surface area is 75.7 Å². The summed E-state index contributed by atoms with van der Waals surface area (Å²) in [6.45, 7) is 4.52. The molecule has 0 heterocycles. The minimum Gasteiger partial charge on any atom is -0.327 e. The number of fused-ring (bicyclic) bond motifs is 2. The van der Waals surface area contributed by atoms with Crippen LogP contribution in [0.5, 0.6) is 0 Å². The van der Waals surface area contributed by atoms with Gasteiger partial charge in [-0.3, -0.25) is 0 Å². The predicted molar refractivity (Wildman–Crippen MR) is 51.8 cm³/mol. The minimum atomic E-state index is 0.472. The van der Waals surface area contributed by atoms with Gasteiger partial charge in [0.25, 0.3) is 0 Å². The summed E-state index contributed by atoms with van der Waals surface area (Å²) in [5.41, 5.74) is 6.21. The van der Waals surface area contributed by atoms with Gasteiger partial charge in [-0.25, -0.2) is 0 Å². The van der Waals surface area contributed by atoms with Crippen LogP contribution in [0.25, 0.3) is 0 Å². The maximum Gasteiger partial charge on any atom is 0.00931 e. The highest BCUT2D eigenvalue weighted by atomic mass is 14.7. The van der Waals surface area contributed by atoms with Gasteiger partial charge in [0.2, 0.25) is 0 Å². The lowest BCUT2D eigenvalue weighted by molar-refractivity contribution is 0.242. The monoisotopic (exact) mass is 167 g/mol. The highest BCUT2D eigenvalue weighted by Gasteiger charge is 2.42. The Balaban J connectivity index is 1.97. The van der Waals surface area contributed by atoms with Gasteiger partial charge in [-0.05, 0) is 42.9 Å². The first kappa shape index (κ1) is 8.55. The predicted octanol–water partition coefficient (Wildman–Crippen LogP) is 2.41. The first-order valence-corrected chi connectivity index (χ1v) is 5.44. The van der Waals surface area contributed by atoms with Crippen LogP contribution >= 0.6 is 0 Å². The van der Waals surface area contributed by atoms with E-state index in [4.69, 9.17) is 5.73 Å². The molecule has 2 N–H and O–H groups in total. The number of hydrogen-bond acceptors (Lipinski definition) is 1. The maximum atomic E-state index is 6.21. The fraction of sp³-hybridized carbons (Fsp3) is 1.00. The Morgan fingerprint density at radius 1 is 1.17 bits per heavy atom. The van der Waals surface area contributed by atoms with Crippen molar-refractivity contribution in [2.45, 2.75) is 45.6 Å². The molecule has 2 rings (SSSR count). The molecule has 0 amide bonds. The third kappa shape index (κ3) is 1.28. The summed E-state index contributed by atoms with van der Waals surface area (Å²) in [6.07, 6.45) is 5.89. The molecule has 2 saturated carbocycles. The van der Waals surface area contributed by atoms with E-state index in [0.717, 1.165) is 17.8 Å². The average Bonchev–Trinajstić information content (AvgIpc) is 2.62. The van der Waals surface area contributed by atoms with Crippen LogP contribution in [-0.4, -0.2) is 6.04 Å². The molecule has 70 valence electrons. The normalized spacial score (nSPS) is 42.5. The van der Waals surface area contributed by atoms with E-state index in [1.165, 1.54) is 25.7 Å². The van der Waals surface area contributed by atoms with Crippen LogP contribution in [0.4, 0.5) is 0 Å². The van der Waals surface area contributed by atoms with Gasteiger partial charge in [-0.2, -0.15) is 0 Å². The molecule has 12 heavy (non-hydrogen) atoms. The average molecular weight is 167 g/mol. The lowest BCUT2D eigenvalue weighted by Crippen LogP contribution is -2.37. The van der Waals surface area contributed by atoms with Crippen LogP contribution in [0.2, 0.25) is 0 Å². The Bertz CT molecular complexity index is 164. The summed E-state index contributed by atoms with van der Waals surface area (Å²) in [7, 11) is 0. The molecule has 4 unspecified atom stereocenters. The fourth-order valence-electron chi connectivity index (χ4n) is 3.26. The number of hydrogen-bond donors (Lipinski definition) is 1. The number of nitrogens with two attached hydrogens (primary N) is 1. The molecule has 1 nitrogen and oxygen atoms in total. The summed E-state index contributed by atoms with van der Waals surface area (Å²) in [4.78, 5) is 0. The SMILES string of the molecule is CC(C)C(N)C1CC2CCC1C2. The highest BCUT2D eigenvalue weighted by molar-refractivity contribution is 4.94. The molecule has 2 aliphatic rings. The molecule has 0 aromatic heterocycles. The Morgan fingerprint density at radius 3 is 2.33 bits per heavy atom. The van der Waals surface area contributed by atoms with Crippen molar-refractivity contribution in [1.82, 2.24) is 0 Å². The fourth-order valence-corrected chi connectivity index (χ4v) is 3.26. The van der Waals surface area contributed by atoms with E-state index in [0.29, 0.717) is 12.0 Å². The van der Waals surface area contributed by atoms with Gasteiger partial charge in [0.1, 0.15) is 0 Å². The van der Waals surface area contributed by atoms with Gasteiger partial charge >= 0.3 is 0 Å². The second-order valence-electron chi connectivity index (χ2n) is 5.16. The third-order valence-electron chi connectivity index (χ3n) is 4.06. The minimum absolute atomic E-state index is 0.472. The zero-order valence-electron chi connectivity index (χ0n) is 8.29. The first-order chi connectivity index (χ1) is 5.68. The zero-order valence-corrected chi connectivity index (χ0v) is 8.29. The molecular formula is C11H21N. The van der Waals surface area contributed by atoms with Crippen molar-refractivity contribution < 1.29 is 0 Å². The van der Waals surface area contributed by atoms with Crippen molar-refractivity contribution >= 4 is 0 Å². The van der Waals surface area contributed by atoms with Crippen LogP contribution in [0.3, 0.4) is 0 Å². The highest BCUT2D eigenvalue weighted by Crippen LogP contribution is 2.49. The largest absolute Gasteiger partial charge is 0.327 e. The molecule has 2 fully saturated rings. The van der Waals surface area contributed by atoms with Crippen LogP contribution in [-0.2, 0) is 0 Å². The van der Waals surface area contributed by atoms with Crippen LogP contribution in [0, 0.1) is 23.7 Å². The molecule has 4 atom stereocenters. The number of rotatable bonds is 2. The van der Waals surface area contributed by atoms with Gasteiger partial charge in [-0.1, -0.05) is 20.3 Å². The lowest BCUT2D eigenvalue weighted by atomic mass is 9.79. The molecule has 0 aromatic rings. The smallest absolute Gasteiger partial charge is 0.00931 e. The second kappa shape index (κ2) is 3.02. The van der Waals surface area contributed by atoms with E-state index in [1.54, 1.807) is 0 Å². The maximum absolute atomic E-state index is 6.21. The topological polar surface area (TPSA) is 26.0 Å². The molecule has 0 aromatic carbocycles. The van der Waals surface area contributed by atoms with E-state index in [1.807, 2.05) is 0 Å². The van der Waals surface area contributed by atoms with Crippen molar-refractivity contribution in [3.05, 3.63) is 0 Å². The van der Waals surface area contributed by atoms with Crippen molar-refractivity contribution in [3.63, 3.8) is 0 Å². The quantitative estimate of drug-likeness (QED) is 0.671. The van der Waals surface area contributed by atoms with Crippen molar-refractivity contribution in [1.29, 1.82) is 0 Å². The Hall–Kier alpha value is -0.0400. The summed E-state index contributed by atoms with van der Waals surface area (Å²) in [5, 5.41) is 0. The first-order valence-electron chi connectivity index (χ1n) is 5.44. The summed E-state index contributed by atoms with van der Waals surface area (Å²) in [6, 6.07) is 0.472. The van der Waals surface area contributed by atoms with Gasteiger partial charge < -0.3 is 5.73 Å². The molecule has 2 bridgehead atoms. The van der Waals surface area contributed by atoms with E-state index >= 15 is 0 Å². The molecule has 0 saturated heterocycles. The van der Waals surface area contributed by atoms with Gasteiger partial charge in [0, 0.05) is 6.04 Å². The Morgan fingerprint density at radius 2 is 1.92 bits per heavy atom. The van der Waals surface area contributed by atoms with E-state index in [-0.39, 0.29) is 0 Å². The molecule has 2 aliphatic carbocycles. The van der Waals surface area contributed by atoms with E-state index in [2.05, 4.69) is 13.8 Å². The summed E-state index contributed by atoms with van der Waals surface area (Å²) in [5.74, 6) is 3.58. The third-order valence-corrected chi connectivity index (χ3v) is 4.06. The summed E-state index contributed by atoms with van der Waals surface area (Å²) < 4.78 is 0. The summed E-state index contributed by atoms with van der Waals surface area (Å²) >= 11 is 0. The molecular weight excluding hydrogens is 146 g/mol. The van der Waals surface area contributed by atoms with Gasteiger partial charge in [0.05, 0.1) is 0 Å². The standard InChI is InChI=1S/C11H21N/c1-7(2)11(12)10-6-8-3-4-9(10)5-8/h7-11H,3-6,12H2,1-2H3. The Kier molecular flexibility index (Phi) is 2.16. The molecule has 1 heteroatoms. The molecule has 0 aliphatic heterocycles. The van der Waals surface area contributed by atoms with Gasteiger partial charge in [-0.15, -0.1) is 0 Å².